The molecule has 0 aliphatic carbocycles. The van der Waals surface area contributed by atoms with Crippen molar-refractivity contribution >= 4 is 39.0 Å². The van der Waals surface area contributed by atoms with Gasteiger partial charge in [-0.15, -0.1) is 0 Å². The van der Waals surface area contributed by atoms with Crippen molar-refractivity contribution in [3.05, 3.63) is 58.3 Å². The zero-order valence-corrected chi connectivity index (χ0v) is 18.2. The number of hydrogen-bond donors (Lipinski definition) is 1. The summed E-state index contributed by atoms with van der Waals surface area (Å²) >= 11 is 3.53. The molecule has 3 rings (SSSR count). The fourth-order valence-electron chi connectivity index (χ4n) is 2.64. The Labute approximate surface area is 178 Å². The molecule has 0 fully saturated rings. The third-order valence-corrected chi connectivity index (χ3v) is 4.84. The monoisotopic (exact) mass is 458 g/mol. The van der Waals surface area contributed by atoms with Crippen molar-refractivity contribution in [2.75, 3.05) is 6.61 Å². The van der Waals surface area contributed by atoms with Gasteiger partial charge in [-0.2, -0.15) is 5.10 Å². The van der Waals surface area contributed by atoms with Crippen LogP contribution in [0.25, 0.3) is 11.0 Å². The van der Waals surface area contributed by atoms with E-state index in [0.29, 0.717) is 23.7 Å². The van der Waals surface area contributed by atoms with Crippen LogP contribution in [0.5, 0.6) is 11.5 Å². The molecule has 1 aromatic heterocycles. The van der Waals surface area contributed by atoms with Crippen molar-refractivity contribution in [1.82, 2.24) is 5.43 Å². The molecular weight excluding hydrogens is 436 g/mol. The molecule has 0 spiro atoms. The Morgan fingerprint density at radius 2 is 2.07 bits per heavy atom. The van der Waals surface area contributed by atoms with Gasteiger partial charge in [0.25, 0.3) is 0 Å². The molecule has 1 heterocycles. The number of ether oxygens (including phenoxy) is 2. The second kappa shape index (κ2) is 9.60. The summed E-state index contributed by atoms with van der Waals surface area (Å²) in [4.78, 5) is 12.3. The van der Waals surface area contributed by atoms with Crippen LogP contribution in [-0.2, 0) is 0 Å². The van der Waals surface area contributed by atoms with Gasteiger partial charge in [0.2, 0.25) is 0 Å². The van der Waals surface area contributed by atoms with E-state index in [9.17, 15) is 4.79 Å². The lowest BCUT2D eigenvalue weighted by Gasteiger charge is -2.18. The summed E-state index contributed by atoms with van der Waals surface area (Å²) in [6, 6.07) is 12.8. The lowest BCUT2D eigenvalue weighted by molar-refractivity contribution is 0.0929. The van der Waals surface area contributed by atoms with E-state index in [2.05, 4.69) is 33.4 Å². The van der Waals surface area contributed by atoms with E-state index in [0.717, 1.165) is 21.8 Å². The van der Waals surface area contributed by atoms with E-state index in [-0.39, 0.29) is 11.9 Å². The van der Waals surface area contributed by atoms with Gasteiger partial charge in [-0.1, -0.05) is 25.1 Å². The minimum atomic E-state index is -0.418. The number of para-hydroxylation sites is 1. The average molecular weight is 459 g/mol. The molecule has 1 amide bonds. The first-order valence-electron chi connectivity index (χ1n) is 9.46. The predicted octanol–water partition coefficient (Wildman–Crippen LogP) is 5.54. The van der Waals surface area contributed by atoms with Gasteiger partial charge in [0.05, 0.1) is 23.4 Å². The molecule has 0 saturated carbocycles. The molecule has 152 valence electrons. The smallest absolute Gasteiger partial charge is 0.307 e. The fourth-order valence-corrected chi connectivity index (χ4v) is 3.19. The van der Waals surface area contributed by atoms with Crippen LogP contribution in [-0.4, -0.2) is 24.8 Å². The van der Waals surface area contributed by atoms with Gasteiger partial charge in [-0.05, 0) is 66.0 Å². The Morgan fingerprint density at radius 1 is 1.28 bits per heavy atom. The summed E-state index contributed by atoms with van der Waals surface area (Å²) < 4.78 is 18.0. The molecule has 3 aromatic rings. The first-order valence-corrected chi connectivity index (χ1v) is 10.3. The van der Waals surface area contributed by atoms with Gasteiger partial charge in [-0.3, -0.25) is 4.79 Å². The third-order valence-electron chi connectivity index (χ3n) is 4.25. The number of carbonyl (C=O) groups is 1. The van der Waals surface area contributed by atoms with Crippen LogP contribution in [0.1, 0.15) is 43.3 Å². The van der Waals surface area contributed by atoms with Crippen LogP contribution < -0.4 is 14.9 Å². The van der Waals surface area contributed by atoms with Crippen molar-refractivity contribution in [3.8, 4) is 11.5 Å². The lowest BCUT2D eigenvalue weighted by atomic mass is 10.2. The Morgan fingerprint density at radius 3 is 2.79 bits per heavy atom. The van der Waals surface area contributed by atoms with Crippen LogP contribution in [0.4, 0.5) is 0 Å². The largest absolute Gasteiger partial charge is 0.490 e. The van der Waals surface area contributed by atoms with E-state index in [1.807, 2.05) is 50.2 Å². The molecule has 0 aliphatic heterocycles. The SMILES string of the molecule is CCOc1cc(/C=N/NC(=O)c2cc3ccccc3o2)cc(Br)c1O[C@H](C)CC. The number of fused-ring (bicyclic) bond motifs is 1. The molecule has 29 heavy (non-hydrogen) atoms. The highest BCUT2D eigenvalue weighted by Crippen LogP contribution is 2.37. The quantitative estimate of drug-likeness (QED) is 0.355. The number of hydrogen-bond acceptors (Lipinski definition) is 5. The van der Waals surface area contributed by atoms with E-state index >= 15 is 0 Å². The van der Waals surface area contributed by atoms with Gasteiger partial charge < -0.3 is 13.9 Å². The average Bonchev–Trinajstić information content (AvgIpc) is 3.15. The van der Waals surface area contributed by atoms with Crippen LogP contribution in [0.2, 0.25) is 0 Å². The van der Waals surface area contributed by atoms with Crippen molar-refractivity contribution < 1.29 is 18.7 Å². The Balaban J connectivity index is 1.74. The highest BCUT2D eigenvalue weighted by molar-refractivity contribution is 9.10. The molecule has 2 aromatic carbocycles. The summed E-state index contributed by atoms with van der Waals surface area (Å²) in [6.45, 7) is 6.48. The lowest BCUT2D eigenvalue weighted by Crippen LogP contribution is -2.16. The molecule has 6 nitrogen and oxygen atoms in total. The van der Waals surface area contributed by atoms with Crippen molar-refractivity contribution in [2.45, 2.75) is 33.3 Å². The predicted molar refractivity (Wildman–Crippen MR) is 117 cm³/mol. The van der Waals surface area contributed by atoms with Gasteiger partial charge in [0.1, 0.15) is 5.58 Å². The Hall–Kier alpha value is -2.80. The standard InChI is InChI=1S/C22H23BrN2O4/c1-4-14(3)28-21-17(23)10-15(11-19(21)27-5-2)13-24-25-22(26)20-12-16-8-6-7-9-18(16)29-20/h6-14H,4-5H2,1-3H3,(H,25,26)/b24-13+/t14-/m1/s1. The topological polar surface area (TPSA) is 73.1 Å². The fraction of sp³-hybridized carbons (Fsp3) is 0.273. The Bertz CT molecular complexity index is 996. The highest BCUT2D eigenvalue weighted by atomic mass is 79.9. The number of halogens is 1. The number of benzene rings is 2. The van der Waals surface area contributed by atoms with Gasteiger partial charge >= 0.3 is 5.91 Å². The molecule has 0 radical (unpaired) electrons. The summed E-state index contributed by atoms with van der Waals surface area (Å²) in [6.07, 6.45) is 2.49. The summed E-state index contributed by atoms with van der Waals surface area (Å²) in [7, 11) is 0. The molecule has 0 bridgehead atoms. The van der Waals surface area contributed by atoms with Crippen LogP contribution in [0.3, 0.4) is 0 Å². The van der Waals surface area contributed by atoms with Crippen LogP contribution in [0.15, 0.2) is 56.5 Å². The first-order chi connectivity index (χ1) is 14.0. The van der Waals surface area contributed by atoms with Crippen molar-refractivity contribution in [3.63, 3.8) is 0 Å². The second-order valence-electron chi connectivity index (χ2n) is 6.45. The molecule has 0 aliphatic rings. The maximum Gasteiger partial charge on any atom is 0.307 e. The molecule has 0 unspecified atom stereocenters. The minimum Gasteiger partial charge on any atom is -0.490 e. The van der Waals surface area contributed by atoms with Crippen LogP contribution >= 0.6 is 15.9 Å². The van der Waals surface area contributed by atoms with Crippen molar-refractivity contribution in [2.24, 2.45) is 5.10 Å². The summed E-state index contributed by atoms with van der Waals surface area (Å²) in [5.74, 6) is 1.06. The van der Waals surface area contributed by atoms with Gasteiger partial charge in [0, 0.05) is 5.39 Å². The normalized spacial score (nSPS) is 12.3. The molecule has 1 atom stereocenters. The summed E-state index contributed by atoms with van der Waals surface area (Å²) in [5, 5.41) is 4.90. The van der Waals surface area contributed by atoms with E-state index in [1.165, 1.54) is 0 Å². The van der Waals surface area contributed by atoms with Gasteiger partial charge in [0.15, 0.2) is 17.3 Å². The zero-order chi connectivity index (χ0) is 20.8. The van der Waals surface area contributed by atoms with E-state index in [1.54, 1.807) is 12.3 Å². The minimum absolute atomic E-state index is 0.0631. The molecule has 1 N–H and O–H groups in total. The van der Waals surface area contributed by atoms with Crippen molar-refractivity contribution in [1.29, 1.82) is 0 Å². The number of nitrogens with zero attached hydrogens (tertiary/aromatic N) is 1. The number of amides is 1. The molecular formula is C22H23BrN2O4. The van der Waals surface area contributed by atoms with Gasteiger partial charge in [-0.25, -0.2) is 5.43 Å². The zero-order valence-electron chi connectivity index (χ0n) is 16.6. The molecule has 0 saturated heterocycles. The van der Waals surface area contributed by atoms with E-state index in [4.69, 9.17) is 13.9 Å². The maximum absolute atomic E-state index is 12.3. The second-order valence-corrected chi connectivity index (χ2v) is 7.30. The van der Waals surface area contributed by atoms with E-state index < -0.39 is 5.91 Å². The van der Waals surface area contributed by atoms with Crippen LogP contribution in [0, 0.1) is 0 Å². The number of hydrazone groups is 1. The number of rotatable bonds is 8. The summed E-state index contributed by atoms with van der Waals surface area (Å²) in [5.41, 5.74) is 3.89. The maximum atomic E-state index is 12.3. The third kappa shape index (κ3) is 5.17. The highest BCUT2D eigenvalue weighted by Gasteiger charge is 2.15. The first kappa shape index (κ1) is 20.9. The molecule has 7 heteroatoms. The Kier molecular flexibility index (Phi) is 6.93. The number of furan rings is 1. The number of nitrogens with one attached hydrogen (secondary N) is 1. The number of carbonyl (C=O) groups excluding carboxylic acids is 1.